The predicted molar refractivity (Wildman–Crippen MR) is 78.1 cm³/mol. The van der Waals surface area contributed by atoms with Gasteiger partial charge in [0, 0.05) is 19.3 Å². The summed E-state index contributed by atoms with van der Waals surface area (Å²) in [5.41, 5.74) is 4.06. The van der Waals surface area contributed by atoms with Gasteiger partial charge in [0.05, 0.1) is 0 Å². The Morgan fingerprint density at radius 2 is 1.78 bits per heavy atom. The fourth-order valence-electron chi connectivity index (χ4n) is 2.26. The Labute approximate surface area is 112 Å². The van der Waals surface area contributed by atoms with Crippen molar-refractivity contribution >= 4 is 0 Å². The predicted octanol–water partition coefficient (Wildman–Crippen LogP) is 3.77. The zero-order chi connectivity index (χ0) is 13.4. The van der Waals surface area contributed by atoms with E-state index in [9.17, 15) is 0 Å². The van der Waals surface area contributed by atoms with Gasteiger partial charge in [-0.25, -0.2) is 0 Å². The van der Waals surface area contributed by atoms with Crippen molar-refractivity contribution in [1.82, 2.24) is 5.32 Å². The van der Waals surface area contributed by atoms with E-state index in [2.05, 4.69) is 44.3 Å². The molecule has 1 N–H and O–H groups in total. The first kappa shape index (κ1) is 15.2. The molecule has 1 rings (SSSR count). The molecular formula is C16H27NO. The lowest BCUT2D eigenvalue weighted by Gasteiger charge is -2.20. The van der Waals surface area contributed by atoms with E-state index in [1.54, 1.807) is 0 Å². The lowest BCUT2D eigenvalue weighted by Crippen LogP contribution is -2.23. The van der Waals surface area contributed by atoms with E-state index in [-0.39, 0.29) is 0 Å². The van der Waals surface area contributed by atoms with Crippen LogP contribution in [-0.4, -0.2) is 19.8 Å². The summed E-state index contributed by atoms with van der Waals surface area (Å²) >= 11 is 0. The smallest absolute Gasteiger partial charge is 0.0484 e. The van der Waals surface area contributed by atoms with Crippen LogP contribution >= 0.6 is 0 Å². The van der Waals surface area contributed by atoms with E-state index in [0.29, 0.717) is 6.04 Å². The minimum absolute atomic E-state index is 0.412. The van der Waals surface area contributed by atoms with E-state index >= 15 is 0 Å². The van der Waals surface area contributed by atoms with Crippen LogP contribution in [0.25, 0.3) is 0 Å². The van der Waals surface area contributed by atoms with Gasteiger partial charge in [-0.1, -0.05) is 36.2 Å². The maximum Gasteiger partial charge on any atom is 0.0484 e. The van der Waals surface area contributed by atoms with Crippen molar-refractivity contribution in [1.29, 1.82) is 0 Å². The largest absolute Gasteiger partial charge is 0.382 e. The second kappa shape index (κ2) is 8.28. The van der Waals surface area contributed by atoms with Crippen molar-refractivity contribution in [2.75, 3.05) is 19.8 Å². The van der Waals surface area contributed by atoms with Crippen LogP contribution in [0.1, 0.15) is 49.4 Å². The molecule has 1 aromatic carbocycles. The van der Waals surface area contributed by atoms with Crippen LogP contribution in [-0.2, 0) is 4.74 Å². The molecule has 1 unspecified atom stereocenters. The zero-order valence-corrected chi connectivity index (χ0v) is 12.3. The first-order valence-corrected chi connectivity index (χ1v) is 7.06. The molecule has 2 nitrogen and oxygen atoms in total. The summed E-state index contributed by atoms with van der Waals surface area (Å²) in [6.07, 6.45) is 2.20. The van der Waals surface area contributed by atoms with Gasteiger partial charge in [0.15, 0.2) is 0 Å². The topological polar surface area (TPSA) is 21.3 Å². The van der Waals surface area contributed by atoms with Gasteiger partial charge in [-0.3, -0.25) is 0 Å². The number of aryl methyl sites for hydroxylation is 2. The molecular weight excluding hydrogens is 222 g/mol. The molecule has 0 saturated heterocycles. The quantitative estimate of drug-likeness (QED) is 0.708. The van der Waals surface area contributed by atoms with Gasteiger partial charge in [-0.05, 0) is 45.7 Å². The SMILES string of the molecule is CCCNC(CCOCC)c1cc(C)cc(C)c1. The number of rotatable bonds is 8. The van der Waals surface area contributed by atoms with E-state index < -0.39 is 0 Å². The summed E-state index contributed by atoms with van der Waals surface area (Å²) in [4.78, 5) is 0. The standard InChI is InChI=1S/C16H27NO/c1-5-8-17-16(7-9-18-6-2)15-11-13(3)10-14(4)12-15/h10-12,16-17H,5-9H2,1-4H3. The molecule has 1 aromatic rings. The van der Waals surface area contributed by atoms with Crippen molar-refractivity contribution in [2.45, 2.75) is 46.6 Å². The van der Waals surface area contributed by atoms with Crippen molar-refractivity contribution in [3.63, 3.8) is 0 Å². The summed E-state index contributed by atoms with van der Waals surface area (Å²) in [6, 6.07) is 7.21. The van der Waals surface area contributed by atoms with Gasteiger partial charge >= 0.3 is 0 Å². The number of hydrogen-bond donors (Lipinski definition) is 1. The molecule has 0 fully saturated rings. The van der Waals surface area contributed by atoms with Crippen molar-refractivity contribution in [2.24, 2.45) is 0 Å². The van der Waals surface area contributed by atoms with Crippen LogP contribution in [0.4, 0.5) is 0 Å². The molecule has 0 saturated carbocycles. The van der Waals surface area contributed by atoms with Gasteiger partial charge < -0.3 is 10.1 Å². The van der Waals surface area contributed by atoms with Crippen molar-refractivity contribution in [3.05, 3.63) is 34.9 Å². The molecule has 18 heavy (non-hydrogen) atoms. The maximum atomic E-state index is 5.49. The summed E-state index contributed by atoms with van der Waals surface area (Å²) in [6.45, 7) is 11.3. The molecule has 0 amide bonds. The molecule has 0 spiro atoms. The van der Waals surface area contributed by atoms with Crippen LogP contribution in [0, 0.1) is 13.8 Å². The summed E-state index contributed by atoms with van der Waals surface area (Å²) < 4.78 is 5.49. The Hall–Kier alpha value is -0.860. The molecule has 0 heterocycles. The molecule has 102 valence electrons. The normalized spacial score (nSPS) is 12.7. The summed E-state index contributed by atoms with van der Waals surface area (Å²) in [5.74, 6) is 0. The van der Waals surface area contributed by atoms with Crippen LogP contribution in [0.5, 0.6) is 0 Å². The average Bonchev–Trinajstić information content (AvgIpc) is 2.32. The number of nitrogens with one attached hydrogen (secondary N) is 1. The van der Waals surface area contributed by atoms with Gasteiger partial charge in [-0.2, -0.15) is 0 Å². The highest BCUT2D eigenvalue weighted by Gasteiger charge is 2.11. The monoisotopic (exact) mass is 249 g/mol. The molecule has 1 atom stereocenters. The Balaban J connectivity index is 2.72. The second-order valence-corrected chi connectivity index (χ2v) is 4.91. The summed E-state index contributed by atoms with van der Waals surface area (Å²) in [7, 11) is 0. The maximum absolute atomic E-state index is 5.49. The average molecular weight is 249 g/mol. The molecule has 0 aliphatic carbocycles. The minimum Gasteiger partial charge on any atom is -0.382 e. The van der Waals surface area contributed by atoms with Crippen molar-refractivity contribution in [3.8, 4) is 0 Å². The number of ether oxygens (including phenoxy) is 1. The first-order valence-electron chi connectivity index (χ1n) is 7.06. The van der Waals surface area contributed by atoms with Gasteiger partial charge in [-0.15, -0.1) is 0 Å². The fourth-order valence-corrected chi connectivity index (χ4v) is 2.26. The first-order chi connectivity index (χ1) is 8.67. The molecule has 0 aromatic heterocycles. The van der Waals surface area contributed by atoms with Crippen LogP contribution in [0.3, 0.4) is 0 Å². The third kappa shape index (κ3) is 5.19. The Morgan fingerprint density at radius 3 is 2.33 bits per heavy atom. The van der Waals surface area contributed by atoms with Crippen molar-refractivity contribution < 1.29 is 4.74 Å². The molecule has 2 heteroatoms. The van der Waals surface area contributed by atoms with E-state index in [1.807, 2.05) is 6.92 Å². The van der Waals surface area contributed by atoms with Crippen LogP contribution < -0.4 is 5.32 Å². The Bertz CT molecular complexity index is 329. The number of hydrogen-bond acceptors (Lipinski definition) is 2. The van der Waals surface area contributed by atoms with E-state index in [1.165, 1.54) is 16.7 Å². The fraction of sp³-hybridized carbons (Fsp3) is 0.625. The lowest BCUT2D eigenvalue weighted by molar-refractivity contribution is 0.136. The molecule has 0 radical (unpaired) electrons. The highest BCUT2D eigenvalue weighted by Crippen LogP contribution is 2.20. The summed E-state index contributed by atoms with van der Waals surface area (Å²) in [5, 5.41) is 3.62. The van der Waals surface area contributed by atoms with E-state index in [4.69, 9.17) is 4.74 Å². The third-order valence-electron chi connectivity index (χ3n) is 3.04. The lowest BCUT2D eigenvalue weighted by atomic mass is 9.99. The highest BCUT2D eigenvalue weighted by molar-refractivity contribution is 5.30. The van der Waals surface area contributed by atoms with Gasteiger partial charge in [0.25, 0.3) is 0 Å². The molecule has 0 bridgehead atoms. The van der Waals surface area contributed by atoms with Crippen LogP contribution in [0.2, 0.25) is 0 Å². The van der Waals surface area contributed by atoms with E-state index in [0.717, 1.165) is 32.6 Å². The second-order valence-electron chi connectivity index (χ2n) is 4.91. The molecule has 0 aliphatic heterocycles. The Kier molecular flexibility index (Phi) is 6.99. The number of benzene rings is 1. The third-order valence-corrected chi connectivity index (χ3v) is 3.04. The molecule has 0 aliphatic rings. The Morgan fingerprint density at radius 1 is 1.11 bits per heavy atom. The zero-order valence-electron chi connectivity index (χ0n) is 12.3. The van der Waals surface area contributed by atoms with Gasteiger partial charge in [0.2, 0.25) is 0 Å². The highest BCUT2D eigenvalue weighted by atomic mass is 16.5. The minimum atomic E-state index is 0.412. The van der Waals surface area contributed by atoms with Gasteiger partial charge in [0.1, 0.15) is 0 Å². The van der Waals surface area contributed by atoms with Crippen LogP contribution in [0.15, 0.2) is 18.2 Å².